The van der Waals surface area contributed by atoms with Crippen LogP contribution in [0.25, 0.3) is 11.4 Å². The summed E-state index contributed by atoms with van der Waals surface area (Å²) >= 11 is 1.24. The molecule has 0 atom stereocenters. The number of benzene rings is 1. The second-order valence-electron chi connectivity index (χ2n) is 4.80. The summed E-state index contributed by atoms with van der Waals surface area (Å²) in [6.45, 7) is 3.68. The zero-order chi connectivity index (χ0) is 15.7. The third-order valence-electron chi connectivity index (χ3n) is 2.95. The summed E-state index contributed by atoms with van der Waals surface area (Å²) in [5, 5.41) is 6.84. The van der Waals surface area contributed by atoms with E-state index in [0.29, 0.717) is 21.5 Å². The lowest BCUT2D eigenvalue weighted by molar-refractivity contribution is 0.603. The average molecular weight is 334 g/mol. The van der Waals surface area contributed by atoms with Gasteiger partial charge in [-0.1, -0.05) is 12.1 Å². The van der Waals surface area contributed by atoms with Gasteiger partial charge in [-0.05, 0) is 38.1 Å². The molecule has 22 heavy (non-hydrogen) atoms. The largest absolute Gasteiger partial charge is 0.279 e. The Hall–Kier alpha value is -2.19. The molecule has 1 aromatic carbocycles. The van der Waals surface area contributed by atoms with Gasteiger partial charge in [0.25, 0.3) is 10.0 Å². The van der Waals surface area contributed by atoms with Gasteiger partial charge >= 0.3 is 0 Å². The summed E-state index contributed by atoms with van der Waals surface area (Å²) in [5.41, 5.74) is 1.22. The van der Waals surface area contributed by atoms with Crippen LogP contribution in [0.2, 0.25) is 0 Å². The van der Waals surface area contributed by atoms with Crippen molar-refractivity contribution in [2.45, 2.75) is 18.1 Å². The second kappa shape index (κ2) is 5.54. The van der Waals surface area contributed by atoms with Crippen LogP contribution in [0.3, 0.4) is 0 Å². The zero-order valence-corrected chi connectivity index (χ0v) is 13.6. The predicted molar refractivity (Wildman–Crippen MR) is 86.4 cm³/mol. The Morgan fingerprint density at radius 3 is 2.64 bits per heavy atom. The maximum atomic E-state index is 12.3. The first-order valence-corrected chi connectivity index (χ1v) is 8.83. The minimum atomic E-state index is -3.57. The summed E-state index contributed by atoms with van der Waals surface area (Å²) in [6, 6.07) is 10.4. The number of anilines is 1. The fourth-order valence-corrected chi connectivity index (χ4v) is 4.29. The topological polar surface area (TPSA) is 87.7 Å². The summed E-state index contributed by atoms with van der Waals surface area (Å²) in [5.74, 6) is 1.24. The van der Waals surface area contributed by atoms with Crippen molar-refractivity contribution in [3.05, 3.63) is 47.1 Å². The molecule has 0 unspecified atom stereocenters. The molecule has 3 rings (SSSR count). The number of thiophene rings is 1. The molecule has 0 aliphatic rings. The van der Waals surface area contributed by atoms with Crippen LogP contribution in [0.5, 0.6) is 0 Å². The maximum Gasteiger partial charge on any atom is 0.271 e. The van der Waals surface area contributed by atoms with Crippen molar-refractivity contribution in [2.24, 2.45) is 0 Å². The Morgan fingerprint density at radius 2 is 2.00 bits per heavy atom. The Kier molecular flexibility index (Phi) is 3.71. The lowest BCUT2D eigenvalue weighted by Crippen LogP contribution is -2.11. The number of hydrogen-bond acceptors (Lipinski definition) is 5. The fraction of sp³-hybridized carbons (Fsp3) is 0.143. The molecule has 3 aromatic rings. The molecule has 0 aliphatic heterocycles. The molecule has 0 amide bonds. The third kappa shape index (κ3) is 3.02. The van der Waals surface area contributed by atoms with Gasteiger partial charge in [-0.15, -0.1) is 11.3 Å². The van der Waals surface area contributed by atoms with Gasteiger partial charge in [0.15, 0.2) is 5.82 Å². The van der Waals surface area contributed by atoms with E-state index in [2.05, 4.69) is 19.9 Å². The third-order valence-corrected chi connectivity index (χ3v) is 5.82. The van der Waals surface area contributed by atoms with E-state index in [1.807, 2.05) is 19.9 Å². The van der Waals surface area contributed by atoms with Crippen LogP contribution in [0, 0.1) is 13.8 Å². The molecule has 2 heterocycles. The molecule has 0 spiro atoms. The van der Waals surface area contributed by atoms with Crippen LogP contribution in [-0.2, 0) is 10.0 Å². The van der Waals surface area contributed by atoms with E-state index in [1.54, 1.807) is 30.3 Å². The van der Waals surface area contributed by atoms with Gasteiger partial charge in [0.2, 0.25) is 0 Å². The molecule has 2 N–H and O–H groups in total. The Balaban J connectivity index is 1.90. The maximum absolute atomic E-state index is 12.3. The van der Waals surface area contributed by atoms with Gasteiger partial charge in [0.05, 0.1) is 0 Å². The number of nitrogens with zero attached hydrogens (tertiary/aromatic N) is 2. The summed E-state index contributed by atoms with van der Waals surface area (Å²) in [6.07, 6.45) is 0. The highest BCUT2D eigenvalue weighted by atomic mass is 32.2. The van der Waals surface area contributed by atoms with E-state index in [-0.39, 0.29) is 0 Å². The van der Waals surface area contributed by atoms with E-state index >= 15 is 0 Å². The average Bonchev–Trinajstić information content (AvgIpc) is 3.08. The van der Waals surface area contributed by atoms with E-state index in [0.717, 1.165) is 10.4 Å². The highest BCUT2D eigenvalue weighted by Crippen LogP contribution is 2.25. The number of aromatic nitrogens is 3. The quantitative estimate of drug-likeness (QED) is 0.768. The van der Waals surface area contributed by atoms with Crippen molar-refractivity contribution >= 4 is 27.0 Å². The summed E-state index contributed by atoms with van der Waals surface area (Å²) in [7, 11) is -3.57. The molecule has 2 aromatic heterocycles. The van der Waals surface area contributed by atoms with Crippen LogP contribution in [0.4, 0.5) is 5.69 Å². The van der Waals surface area contributed by atoms with Crippen LogP contribution in [-0.4, -0.2) is 23.6 Å². The minimum absolute atomic E-state index is 0.296. The second-order valence-corrected chi connectivity index (χ2v) is 7.99. The van der Waals surface area contributed by atoms with Crippen LogP contribution in [0.15, 0.2) is 40.6 Å². The van der Waals surface area contributed by atoms with Gasteiger partial charge in [-0.2, -0.15) is 5.10 Å². The molecular weight excluding hydrogens is 320 g/mol. The number of nitrogens with one attached hydrogen (secondary N) is 2. The molecule has 0 saturated heterocycles. The highest BCUT2D eigenvalue weighted by Gasteiger charge is 2.16. The normalized spacial score (nSPS) is 11.5. The first-order valence-electron chi connectivity index (χ1n) is 6.53. The van der Waals surface area contributed by atoms with E-state index in [9.17, 15) is 8.42 Å². The number of rotatable bonds is 4. The minimum Gasteiger partial charge on any atom is -0.279 e. The first kappa shape index (κ1) is 14.7. The Labute approximate surface area is 132 Å². The number of H-pyrrole nitrogens is 1. The number of hydrogen-bond donors (Lipinski definition) is 2. The highest BCUT2D eigenvalue weighted by molar-refractivity contribution is 7.94. The molecular formula is C14H14N4O2S2. The Morgan fingerprint density at radius 1 is 1.18 bits per heavy atom. The van der Waals surface area contributed by atoms with Crippen molar-refractivity contribution in [1.82, 2.24) is 15.2 Å². The molecule has 114 valence electrons. The monoisotopic (exact) mass is 334 g/mol. The predicted octanol–water partition coefficient (Wildman–Crippen LogP) is 2.95. The van der Waals surface area contributed by atoms with Crippen molar-refractivity contribution in [3.8, 4) is 11.4 Å². The van der Waals surface area contributed by atoms with Crippen LogP contribution in [0.1, 0.15) is 10.7 Å². The lowest BCUT2D eigenvalue weighted by Gasteiger charge is -2.07. The molecule has 0 radical (unpaired) electrons. The van der Waals surface area contributed by atoms with Gasteiger partial charge in [0, 0.05) is 16.1 Å². The molecule has 0 bridgehead atoms. The zero-order valence-electron chi connectivity index (χ0n) is 12.0. The van der Waals surface area contributed by atoms with Gasteiger partial charge < -0.3 is 0 Å². The Bertz CT molecular complexity index is 912. The molecule has 8 heteroatoms. The summed E-state index contributed by atoms with van der Waals surface area (Å²) in [4.78, 5) is 5.19. The van der Waals surface area contributed by atoms with E-state index < -0.39 is 10.0 Å². The number of aryl methyl sites for hydroxylation is 2. The van der Waals surface area contributed by atoms with Gasteiger partial charge in [-0.25, -0.2) is 13.4 Å². The molecule has 0 saturated carbocycles. The lowest BCUT2D eigenvalue weighted by atomic mass is 10.2. The van der Waals surface area contributed by atoms with Crippen LogP contribution < -0.4 is 4.72 Å². The fourth-order valence-electron chi connectivity index (χ4n) is 1.96. The number of aromatic amines is 1. The smallest absolute Gasteiger partial charge is 0.271 e. The van der Waals surface area contributed by atoms with Gasteiger partial charge in [-0.3, -0.25) is 9.82 Å². The van der Waals surface area contributed by atoms with E-state index in [1.165, 1.54) is 11.3 Å². The molecule has 0 fully saturated rings. The van der Waals surface area contributed by atoms with Crippen molar-refractivity contribution in [2.75, 3.05) is 4.72 Å². The first-order chi connectivity index (χ1) is 10.4. The SMILES string of the molecule is Cc1nc(-c2cccc(NS(=O)(=O)c3ccc(C)s3)c2)n[nH]1. The van der Waals surface area contributed by atoms with E-state index in [4.69, 9.17) is 0 Å². The van der Waals surface area contributed by atoms with Gasteiger partial charge in [0.1, 0.15) is 10.0 Å². The van der Waals surface area contributed by atoms with Crippen molar-refractivity contribution in [1.29, 1.82) is 0 Å². The molecule has 0 aliphatic carbocycles. The van der Waals surface area contributed by atoms with Crippen LogP contribution >= 0.6 is 11.3 Å². The molecule has 6 nitrogen and oxygen atoms in total. The standard InChI is InChI=1S/C14H14N4O2S2/c1-9-6-7-13(21-9)22(19,20)18-12-5-3-4-11(8-12)14-15-10(2)16-17-14/h3-8,18H,1-2H3,(H,15,16,17). The van der Waals surface area contributed by atoms with Crippen molar-refractivity contribution < 1.29 is 8.42 Å². The van der Waals surface area contributed by atoms with Crippen molar-refractivity contribution in [3.63, 3.8) is 0 Å². The summed E-state index contributed by atoms with van der Waals surface area (Å²) < 4.78 is 27.5. The number of sulfonamides is 1.